The summed E-state index contributed by atoms with van der Waals surface area (Å²) < 4.78 is 11.2. The van der Waals surface area contributed by atoms with Gasteiger partial charge in [-0.05, 0) is 37.8 Å². The minimum atomic E-state index is -0.392. The molecule has 0 unspecified atom stereocenters. The van der Waals surface area contributed by atoms with Gasteiger partial charge in [0.15, 0.2) is 0 Å². The molecule has 0 aliphatic heterocycles. The molecule has 0 bridgehead atoms. The van der Waals surface area contributed by atoms with Gasteiger partial charge in [-0.15, -0.1) is 0 Å². The second-order valence-electron chi connectivity index (χ2n) is 5.57. The van der Waals surface area contributed by atoms with Gasteiger partial charge in [-0.2, -0.15) is 4.98 Å². The fraction of sp³-hybridized carbons (Fsp3) is 0.375. The van der Waals surface area contributed by atoms with E-state index in [1.807, 2.05) is 30.5 Å². The Kier molecular flexibility index (Phi) is 2.82. The molecule has 0 spiro atoms. The molecule has 21 heavy (non-hydrogen) atoms. The number of hydrogen-bond donors (Lipinski definition) is 1. The van der Waals surface area contributed by atoms with Crippen LogP contribution in [0.25, 0.3) is 22.3 Å². The van der Waals surface area contributed by atoms with Crippen molar-refractivity contribution in [1.82, 2.24) is 15.1 Å². The van der Waals surface area contributed by atoms with Crippen LogP contribution in [0, 0.1) is 0 Å². The minimum Gasteiger partial charge on any atom is -0.368 e. The minimum absolute atomic E-state index is 0.392. The highest BCUT2D eigenvalue weighted by Crippen LogP contribution is 2.41. The first-order valence-corrected chi connectivity index (χ1v) is 7.28. The van der Waals surface area contributed by atoms with Crippen molar-refractivity contribution < 1.29 is 9.26 Å². The largest absolute Gasteiger partial charge is 0.368 e. The van der Waals surface area contributed by atoms with Crippen molar-refractivity contribution >= 4 is 10.9 Å². The number of fused-ring (bicyclic) bond motifs is 1. The number of ether oxygens (including phenoxy) is 1. The van der Waals surface area contributed by atoms with Crippen molar-refractivity contribution in [2.24, 2.45) is 0 Å². The Morgan fingerprint density at radius 3 is 2.90 bits per heavy atom. The van der Waals surface area contributed by atoms with Gasteiger partial charge in [0.05, 0.1) is 0 Å². The van der Waals surface area contributed by atoms with Gasteiger partial charge in [0.25, 0.3) is 5.89 Å². The van der Waals surface area contributed by atoms with Gasteiger partial charge >= 0.3 is 0 Å². The van der Waals surface area contributed by atoms with Crippen molar-refractivity contribution in [3.63, 3.8) is 0 Å². The van der Waals surface area contributed by atoms with E-state index in [2.05, 4.69) is 15.1 Å². The fourth-order valence-electron chi connectivity index (χ4n) is 3.25. The van der Waals surface area contributed by atoms with Crippen LogP contribution in [0.5, 0.6) is 0 Å². The van der Waals surface area contributed by atoms with Gasteiger partial charge in [0, 0.05) is 29.8 Å². The van der Waals surface area contributed by atoms with E-state index in [1.165, 1.54) is 0 Å². The highest BCUT2D eigenvalue weighted by atomic mass is 16.5. The zero-order chi connectivity index (χ0) is 14.3. The van der Waals surface area contributed by atoms with Crippen molar-refractivity contribution in [3.05, 3.63) is 36.4 Å². The number of nitrogens with one attached hydrogen (secondary N) is 1. The molecule has 1 aromatic carbocycles. The zero-order valence-electron chi connectivity index (χ0n) is 11.9. The molecule has 1 N–H and O–H groups in total. The molecule has 2 aromatic heterocycles. The Hall–Kier alpha value is -2.14. The Balaban J connectivity index is 1.79. The van der Waals surface area contributed by atoms with Gasteiger partial charge in [0.1, 0.15) is 5.60 Å². The first-order chi connectivity index (χ1) is 10.3. The van der Waals surface area contributed by atoms with Gasteiger partial charge in [0.2, 0.25) is 5.82 Å². The lowest BCUT2D eigenvalue weighted by atomic mass is 10.0. The third-order valence-electron chi connectivity index (χ3n) is 4.45. The first-order valence-electron chi connectivity index (χ1n) is 7.28. The van der Waals surface area contributed by atoms with Gasteiger partial charge < -0.3 is 14.2 Å². The highest BCUT2D eigenvalue weighted by Gasteiger charge is 2.41. The zero-order valence-corrected chi connectivity index (χ0v) is 11.9. The van der Waals surface area contributed by atoms with E-state index in [4.69, 9.17) is 9.26 Å². The topological polar surface area (TPSA) is 63.9 Å². The Morgan fingerprint density at radius 2 is 2.10 bits per heavy atom. The summed E-state index contributed by atoms with van der Waals surface area (Å²) in [7, 11) is 1.72. The van der Waals surface area contributed by atoms with E-state index in [0.29, 0.717) is 11.7 Å². The number of benzene rings is 1. The summed E-state index contributed by atoms with van der Waals surface area (Å²) in [6, 6.07) is 8.07. The average molecular weight is 283 g/mol. The Bertz CT molecular complexity index is 769. The monoisotopic (exact) mass is 283 g/mol. The lowest BCUT2D eigenvalue weighted by Gasteiger charge is -2.22. The molecule has 0 atom stereocenters. The third-order valence-corrected chi connectivity index (χ3v) is 4.45. The summed E-state index contributed by atoms with van der Waals surface area (Å²) in [5, 5.41) is 5.27. The van der Waals surface area contributed by atoms with E-state index >= 15 is 0 Å². The molecule has 2 heterocycles. The molecule has 1 aliphatic rings. The Morgan fingerprint density at radius 1 is 1.24 bits per heavy atom. The summed E-state index contributed by atoms with van der Waals surface area (Å²) in [6.45, 7) is 0. The molecule has 0 radical (unpaired) electrons. The van der Waals surface area contributed by atoms with E-state index in [1.54, 1.807) is 7.11 Å². The maximum Gasteiger partial charge on any atom is 0.259 e. The average Bonchev–Trinajstić information content (AvgIpc) is 3.25. The molecule has 108 valence electrons. The van der Waals surface area contributed by atoms with Crippen LogP contribution in [0.15, 0.2) is 35.0 Å². The number of aromatic amines is 1. The number of rotatable bonds is 3. The van der Waals surface area contributed by atoms with Crippen LogP contribution >= 0.6 is 0 Å². The smallest absolute Gasteiger partial charge is 0.259 e. The molecule has 1 aliphatic carbocycles. The lowest BCUT2D eigenvalue weighted by Crippen LogP contribution is -2.24. The molecular weight excluding hydrogens is 266 g/mol. The van der Waals surface area contributed by atoms with Crippen LogP contribution in [0.3, 0.4) is 0 Å². The SMILES string of the molecule is COC1(c2nc(-c3cccc4[nH]ccc34)no2)CCCC1. The molecule has 3 aromatic rings. The van der Waals surface area contributed by atoms with Gasteiger partial charge in [-0.1, -0.05) is 17.3 Å². The van der Waals surface area contributed by atoms with Crippen LogP contribution in [-0.4, -0.2) is 22.2 Å². The summed E-state index contributed by atoms with van der Waals surface area (Å²) in [5.41, 5.74) is 1.66. The van der Waals surface area contributed by atoms with Crippen LogP contribution in [0.2, 0.25) is 0 Å². The third kappa shape index (κ3) is 1.88. The summed E-state index contributed by atoms with van der Waals surface area (Å²) in [4.78, 5) is 7.82. The Labute approximate surface area is 122 Å². The van der Waals surface area contributed by atoms with E-state index in [9.17, 15) is 0 Å². The van der Waals surface area contributed by atoms with Crippen molar-refractivity contribution in [1.29, 1.82) is 0 Å². The van der Waals surface area contributed by atoms with Crippen molar-refractivity contribution in [2.75, 3.05) is 7.11 Å². The normalized spacial score (nSPS) is 17.6. The highest BCUT2D eigenvalue weighted by molar-refractivity contribution is 5.93. The molecular formula is C16H17N3O2. The van der Waals surface area contributed by atoms with Gasteiger partial charge in [-0.3, -0.25) is 0 Å². The second kappa shape index (κ2) is 4.70. The summed E-state index contributed by atoms with van der Waals surface area (Å²) in [5.74, 6) is 1.23. The maximum atomic E-state index is 5.70. The maximum absolute atomic E-state index is 5.70. The number of aromatic nitrogens is 3. The van der Waals surface area contributed by atoms with Crippen LogP contribution < -0.4 is 0 Å². The van der Waals surface area contributed by atoms with Crippen molar-refractivity contribution in [3.8, 4) is 11.4 Å². The van der Waals surface area contributed by atoms with Crippen LogP contribution in [0.1, 0.15) is 31.6 Å². The summed E-state index contributed by atoms with van der Waals surface area (Å²) in [6.07, 6.45) is 6.08. The molecule has 4 rings (SSSR count). The molecule has 5 heteroatoms. The predicted molar refractivity (Wildman–Crippen MR) is 78.7 cm³/mol. The first kappa shape index (κ1) is 12.6. The standard InChI is InChI=1S/C16H17N3O2/c1-20-16(8-2-3-9-16)15-18-14(19-21-15)12-5-4-6-13-11(12)7-10-17-13/h4-7,10,17H,2-3,8-9H2,1H3. The summed E-state index contributed by atoms with van der Waals surface area (Å²) >= 11 is 0. The quantitative estimate of drug-likeness (QED) is 0.797. The van der Waals surface area contributed by atoms with E-state index in [0.717, 1.165) is 42.1 Å². The van der Waals surface area contributed by atoms with E-state index in [-0.39, 0.29) is 0 Å². The number of hydrogen-bond acceptors (Lipinski definition) is 4. The lowest BCUT2D eigenvalue weighted by molar-refractivity contribution is -0.0342. The molecule has 0 saturated heterocycles. The van der Waals surface area contributed by atoms with Crippen LogP contribution in [0.4, 0.5) is 0 Å². The second-order valence-corrected chi connectivity index (χ2v) is 5.57. The molecule has 5 nitrogen and oxygen atoms in total. The predicted octanol–water partition coefficient (Wildman–Crippen LogP) is 3.63. The molecule has 0 amide bonds. The molecule has 1 fully saturated rings. The number of nitrogens with zero attached hydrogens (tertiary/aromatic N) is 2. The molecule has 1 saturated carbocycles. The fourth-order valence-corrected chi connectivity index (χ4v) is 3.25. The van der Waals surface area contributed by atoms with Crippen molar-refractivity contribution in [2.45, 2.75) is 31.3 Å². The van der Waals surface area contributed by atoms with Gasteiger partial charge in [-0.25, -0.2) is 0 Å². The number of methoxy groups -OCH3 is 1. The van der Waals surface area contributed by atoms with E-state index < -0.39 is 5.60 Å². The number of H-pyrrole nitrogens is 1. The van der Waals surface area contributed by atoms with Crippen LogP contribution in [-0.2, 0) is 10.3 Å².